The van der Waals surface area contributed by atoms with E-state index in [1.165, 1.54) is 6.08 Å². The number of aromatic nitrogens is 1. The average molecular weight is 478 g/mol. The second-order valence-corrected chi connectivity index (χ2v) is 8.65. The van der Waals surface area contributed by atoms with E-state index in [-0.39, 0.29) is 5.91 Å². The first-order valence-corrected chi connectivity index (χ1v) is 11.5. The number of nitrogens with one attached hydrogen (secondary N) is 2. The third-order valence-corrected chi connectivity index (χ3v) is 5.95. The van der Waals surface area contributed by atoms with Crippen LogP contribution >= 0.6 is 11.6 Å². The van der Waals surface area contributed by atoms with Gasteiger partial charge in [-0.1, -0.05) is 24.2 Å². The SMILES string of the molecule is C=CC(=O)Nc1cccc(Oc2cc(Nc3ncc(N4CCN(C)CC4)cc3C)ccc2Cl)c1. The molecule has 0 spiro atoms. The van der Waals surface area contributed by atoms with Crippen molar-refractivity contribution in [2.75, 3.05) is 48.8 Å². The summed E-state index contributed by atoms with van der Waals surface area (Å²) in [5.74, 6) is 1.53. The Labute approximate surface area is 205 Å². The summed E-state index contributed by atoms with van der Waals surface area (Å²) in [6.45, 7) is 9.61. The van der Waals surface area contributed by atoms with Crippen molar-refractivity contribution in [2.45, 2.75) is 6.92 Å². The van der Waals surface area contributed by atoms with Gasteiger partial charge in [0, 0.05) is 49.7 Å². The highest BCUT2D eigenvalue weighted by molar-refractivity contribution is 6.32. The molecule has 1 aliphatic rings. The zero-order chi connectivity index (χ0) is 24.1. The molecule has 34 heavy (non-hydrogen) atoms. The molecule has 2 aromatic carbocycles. The molecule has 0 unspecified atom stereocenters. The Morgan fingerprint density at radius 2 is 1.91 bits per heavy atom. The van der Waals surface area contributed by atoms with E-state index in [0.717, 1.165) is 48.9 Å². The van der Waals surface area contributed by atoms with Gasteiger partial charge >= 0.3 is 0 Å². The summed E-state index contributed by atoms with van der Waals surface area (Å²) in [4.78, 5) is 20.9. The molecule has 7 nitrogen and oxygen atoms in total. The first-order chi connectivity index (χ1) is 16.4. The van der Waals surface area contributed by atoms with Gasteiger partial charge in [-0.2, -0.15) is 0 Å². The lowest BCUT2D eigenvalue weighted by molar-refractivity contribution is -0.111. The molecule has 0 bridgehead atoms. The number of carbonyl (C=O) groups excluding carboxylic acids is 1. The molecule has 0 radical (unpaired) electrons. The number of hydrogen-bond acceptors (Lipinski definition) is 6. The standard InChI is InChI=1S/C26H28ClN5O2/c1-4-25(33)29-19-6-5-7-22(15-19)34-24-16-20(8-9-23(24)27)30-26-18(2)14-21(17-28-26)32-12-10-31(3)11-13-32/h4-9,14-17H,1,10-13H2,2-3H3,(H,28,30)(H,29,33). The van der Waals surface area contributed by atoms with Crippen LogP contribution in [-0.2, 0) is 4.79 Å². The largest absolute Gasteiger partial charge is 0.456 e. The van der Waals surface area contributed by atoms with Gasteiger partial charge < -0.3 is 25.2 Å². The van der Waals surface area contributed by atoms with Crippen LogP contribution in [0.2, 0.25) is 5.02 Å². The Balaban J connectivity index is 1.48. The van der Waals surface area contributed by atoms with Gasteiger partial charge in [0.1, 0.15) is 17.3 Å². The molecule has 1 amide bonds. The topological polar surface area (TPSA) is 69.7 Å². The lowest BCUT2D eigenvalue weighted by atomic mass is 10.2. The maximum atomic E-state index is 11.6. The fourth-order valence-corrected chi connectivity index (χ4v) is 3.84. The highest BCUT2D eigenvalue weighted by Gasteiger charge is 2.16. The third kappa shape index (κ3) is 5.87. The summed E-state index contributed by atoms with van der Waals surface area (Å²) in [6.07, 6.45) is 3.13. The van der Waals surface area contributed by atoms with Crippen molar-refractivity contribution in [3.8, 4) is 11.5 Å². The van der Waals surface area contributed by atoms with Crippen molar-refractivity contribution in [3.05, 3.63) is 78.0 Å². The minimum absolute atomic E-state index is 0.289. The second kappa shape index (κ2) is 10.6. The van der Waals surface area contributed by atoms with E-state index in [2.05, 4.69) is 45.1 Å². The lowest BCUT2D eigenvalue weighted by Crippen LogP contribution is -2.44. The zero-order valence-corrected chi connectivity index (χ0v) is 20.1. The van der Waals surface area contributed by atoms with Crippen LogP contribution in [0, 0.1) is 6.92 Å². The molecule has 0 atom stereocenters. The van der Waals surface area contributed by atoms with Gasteiger partial charge in [0.2, 0.25) is 5.91 Å². The number of amides is 1. The van der Waals surface area contributed by atoms with E-state index in [4.69, 9.17) is 16.3 Å². The van der Waals surface area contributed by atoms with E-state index < -0.39 is 0 Å². The lowest BCUT2D eigenvalue weighted by Gasteiger charge is -2.34. The van der Waals surface area contributed by atoms with Crippen molar-refractivity contribution >= 4 is 40.4 Å². The highest BCUT2D eigenvalue weighted by Crippen LogP contribution is 2.34. The molecular formula is C26H28ClN5O2. The Bertz CT molecular complexity index is 1190. The van der Waals surface area contributed by atoms with Crippen molar-refractivity contribution in [2.24, 2.45) is 0 Å². The molecule has 4 rings (SSSR count). The monoisotopic (exact) mass is 477 g/mol. The number of rotatable bonds is 7. The molecule has 1 aliphatic heterocycles. The molecule has 2 heterocycles. The van der Waals surface area contributed by atoms with Crippen LogP contribution in [0.5, 0.6) is 11.5 Å². The smallest absolute Gasteiger partial charge is 0.247 e. The number of nitrogens with zero attached hydrogens (tertiary/aromatic N) is 3. The number of halogens is 1. The van der Waals surface area contributed by atoms with Crippen LogP contribution in [-0.4, -0.2) is 49.0 Å². The number of anilines is 4. The third-order valence-electron chi connectivity index (χ3n) is 5.64. The molecule has 0 aliphatic carbocycles. The summed E-state index contributed by atoms with van der Waals surface area (Å²) in [5, 5.41) is 6.55. The van der Waals surface area contributed by atoms with Crippen LogP contribution in [0.4, 0.5) is 22.9 Å². The number of benzene rings is 2. The van der Waals surface area contributed by atoms with Gasteiger partial charge in [-0.05, 0) is 55.9 Å². The predicted molar refractivity (Wildman–Crippen MR) is 139 cm³/mol. The maximum absolute atomic E-state index is 11.6. The van der Waals surface area contributed by atoms with Gasteiger partial charge in [-0.3, -0.25) is 4.79 Å². The molecule has 2 N–H and O–H groups in total. The normalized spacial score (nSPS) is 13.9. The minimum Gasteiger partial charge on any atom is -0.456 e. The van der Waals surface area contributed by atoms with E-state index in [1.54, 1.807) is 30.3 Å². The van der Waals surface area contributed by atoms with E-state index in [9.17, 15) is 4.79 Å². The molecule has 176 valence electrons. The van der Waals surface area contributed by atoms with E-state index in [1.807, 2.05) is 25.3 Å². The molecule has 3 aromatic rings. The van der Waals surface area contributed by atoms with E-state index >= 15 is 0 Å². The predicted octanol–water partition coefficient (Wildman–Crippen LogP) is 5.46. The van der Waals surface area contributed by atoms with Crippen LogP contribution in [0.1, 0.15) is 5.56 Å². The van der Waals surface area contributed by atoms with Gasteiger partial charge in [0.25, 0.3) is 0 Å². The fraction of sp³-hybridized carbons (Fsp3) is 0.231. The van der Waals surface area contributed by atoms with Gasteiger partial charge in [-0.15, -0.1) is 0 Å². The number of pyridine rings is 1. The van der Waals surface area contributed by atoms with Crippen LogP contribution in [0.25, 0.3) is 0 Å². The zero-order valence-electron chi connectivity index (χ0n) is 19.3. The van der Waals surface area contributed by atoms with Crippen molar-refractivity contribution in [3.63, 3.8) is 0 Å². The number of carbonyl (C=O) groups is 1. The van der Waals surface area contributed by atoms with Crippen LogP contribution in [0.15, 0.2) is 67.4 Å². The second-order valence-electron chi connectivity index (χ2n) is 8.24. The van der Waals surface area contributed by atoms with Crippen molar-refractivity contribution < 1.29 is 9.53 Å². The molecule has 1 saturated heterocycles. The summed E-state index contributed by atoms with van der Waals surface area (Å²) < 4.78 is 6.00. The fourth-order valence-electron chi connectivity index (χ4n) is 3.68. The maximum Gasteiger partial charge on any atom is 0.247 e. The van der Waals surface area contributed by atoms with Crippen molar-refractivity contribution in [1.82, 2.24) is 9.88 Å². The first-order valence-electron chi connectivity index (χ1n) is 11.1. The molecule has 1 fully saturated rings. The summed E-state index contributed by atoms with van der Waals surface area (Å²) >= 11 is 6.38. The first kappa shape index (κ1) is 23.6. The molecule has 1 aromatic heterocycles. The van der Waals surface area contributed by atoms with Gasteiger partial charge in [0.15, 0.2) is 0 Å². The van der Waals surface area contributed by atoms with Crippen LogP contribution < -0.4 is 20.3 Å². The summed E-state index contributed by atoms with van der Waals surface area (Å²) in [6, 6.07) is 14.7. The molecule has 8 heteroatoms. The number of hydrogen-bond donors (Lipinski definition) is 2. The number of aryl methyl sites for hydroxylation is 1. The molecular weight excluding hydrogens is 450 g/mol. The van der Waals surface area contributed by atoms with Crippen LogP contribution in [0.3, 0.4) is 0 Å². The van der Waals surface area contributed by atoms with Gasteiger partial charge in [-0.25, -0.2) is 4.98 Å². The summed E-state index contributed by atoms with van der Waals surface area (Å²) in [5.41, 5.74) is 3.60. The Morgan fingerprint density at radius 3 is 2.65 bits per heavy atom. The number of likely N-dealkylation sites (N-methyl/N-ethyl adjacent to an activating group) is 1. The van der Waals surface area contributed by atoms with Gasteiger partial charge in [0.05, 0.1) is 16.9 Å². The quantitative estimate of drug-likeness (QED) is 0.440. The Hall–Kier alpha value is -3.55. The minimum atomic E-state index is -0.289. The molecule has 0 saturated carbocycles. The highest BCUT2D eigenvalue weighted by atomic mass is 35.5. The average Bonchev–Trinajstić information content (AvgIpc) is 2.83. The Kier molecular flexibility index (Phi) is 7.35. The number of piperazine rings is 1. The number of ether oxygens (including phenoxy) is 1. The van der Waals surface area contributed by atoms with E-state index in [0.29, 0.717) is 22.2 Å². The summed E-state index contributed by atoms with van der Waals surface area (Å²) in [7, 11) is 2.15. The van der Waals surface area contributed by atoms with Crippen molar-refractivity contribution in [1.29, 1.82) is 0 Å². The Morgan fingerprint density at radius 1 is 1.12 bits per heavy atom.